The predicted molar refractivity (Wildman–Crippen MR) is 103 cm³/mol. The van der Waals surface area contributed by atoms with Gasteiger partial charge in [-0.1, -0.05) is 24.3 Å². The number of rotatable bonds is 5. The van der Waals surface area contributed by atoms with Crippen molar-refractivity contribution in [3.05, 3.63) is 84.2 Å². The lowest BCUT2D eigenvalue weighted by molar-refractivity contribution is 0.267. The first-order valence-electron chi connectivity index (χ1n) is 8.48. The van der Waals surface area contributed by atoms with Gasteiger partial charge in [0.15, 0.2) is 0 Å². The van der Waals surface area contributed by atoms with Gasteiger partial charge in [-0.3, -0.25) is 4.21 Å². The van der Waals surface area contributed by atoms with Crippen molar-refractivity contribution >= 4 is 16.5 Å². The number of nitrogens with one attached hydrogen (secondary N) is 1. The number of methoxy groups -OCH3 is 1. The molecule has 0 amide bonds. The van der Waals surface area contributed by atoms with Gasteiger partial charge in [-0.15, -0.1) is 0 Å². The van der Waals surface area contributed by atoms with Crippen molar-refractivity contribution in [3.8, 4) is 11.5 Å². The van der Waals surface area contributed by atoms with Gasteiger partial charge < -0.3 is 14.8 Å². The quantitative estimate of drug-likeness (QED) is 0.704. The molecule has 27 heavy (non-hydrogen) atoms. The normalized spacial score (nSPS) is 19.0. The average molecular weight is 383 g/mol. The van der Waals surface area contributed by atoms with Crippen molar-refractivity contribution in [2.45, 2.75) is 16.4 Å². The minimum Gasteiger partial charge on any atom is -0.497 e. The Kier molecular flexibility index (Phi) is 4.81. The molecular weight excluding hydrogens is 365 g/mol. The van der Waals surface area contributed by atoms with Gasteiger partial charge in [0.25, 0.3) is 0 Å². The van der Waals surface area contributed by atoms with Gasteiger partial charge in [0, 0.05) is 5.69 Å². The van der Waals surface area contributed by atoms with Crippen molar-refractivity contribution in [1.82, 2.24) is 0 Å². The fraction of sp³-hybridized carbons (Fsp3) is 0.143. The summed E-state index contributed by atoms with van der Waals surface area (Å²) < 4.78 is 37.6. The van der Waals surface area contributed by atoms with Crippen molar-refractivity contribution in [2.24, 2.45) is 0 Å². The summed E-state index contributed by atoms with van der Waals surface area (Å²) in [5.74, 6) is 1.04. The highest BCUT2D eigenvalue weighted by atomic mass is 32.2. The Balaban J connectivity index is 1.68. The van der Waals surface area contributed by atoms with E-state index in [9.17, 15) is 8.60 Å². The van der Waals surface area contributed by atoms with Crippen LogP contribution in [0.4, 0.5) is 10.1 Å². The Morgan fingerprint density at radius 2 is 1.74 bits per heavy atom. The maximum Gasteiger partial charge on any atom is 0.201 e. The van der Waals surface area contributed by atoms with Crippen molar-refractivity contribution in [2.75, 3.05) is 12.4 Å². The first-order chi connectivity index (χ1) is 13.2. The van der Waals surface area contributed by atoms with E-state index in [4.69, 9.17) is 9.47 Å². The topological polar surface area (TPSA) is 47.6 Å². The molecule has 0 saturated carbocycles. The summed E-state index contributed by atoms with van der Waals surface area (Å²) in [6.45, 7) is 0. The van der Waals surface area contributed by atoms with Gasteiger partial charge in [-0.2, -0.15) is 0 Å². The van der Waals surface area contributed by atoms with Crippen LogP contribution in [0, 0.1) is 5.82 Å². The SMILES string of the molecule is COc1ccc(N[C@H](c2ccc(F)cc2)[C@H]2Oc3ccccc3[S@@]2=O)cc1. The van der Waals surface area contributed by atoms with Gasteiger partial charge in [0.1, 0.15) is 34.2 Å². The van der Waals surface area contributed by atoms with Crippen LogP contribution in [-0.4, -0.2) is 16.8 Å². The van der Waals surface area contributed by atoms with Crippen LogP contribution in [0.2, 0.25) is 0 Å². The second-order valence-corrected chi connectivity index (χ2v) is 7.63. The molecule has 0 unspecified atom stereocenters. The van der Waals surface area contributed by atoms with Crippen LogP contribution in [0.3, 0.4) is 0 Å². The number of benzene rings is 3. The molecule has 1 heterocycles. The number of hydrogen-bond acceptors (Lipinski definition) is 4. The van der Waals surface area contributed by atoms with E-state index in [1.165, 1.54) is 12.1 Å². The Labute approximate surface area is 159 Å². The highest BCUT2D eigenvalue weighted by Crippen LogP contribution is 2.39. The Morgan fingerprint density at radius 1 is 1.04 bits per heavy atom. The van der Waals surface area contributed by atoms with Crippen LogP contribution in [0.15, 0.2) is 77.7 Å². The summed E-state index contributed by atoms with van der Waals surface area (Å²) >= 11 is 0. The lowest BCUT2D eigenvalue weighted by Gasteiger charge is -2.25. The van der Waals surface area contributed by atoms with Crippen LogP contribution in [0.1, 0.15) is 11.6 Å². The lowest BCUT2D eigenvalue weighted by atomic mass is 10.1. The molecule has 0 aliphatic carbocycles. The second-order valence-electron chi connectivity index (χ2n) is 6.13. The smallest absolute Gasteiger partial charge is 0.201 e. The maximum absolute atomic E-state index is 13.4. The third-order valence-electron chi connectivity index (χ3n) is 4.43. The zero-order valence-electron chi connectivity index (χ0n) is 14.6. The molecule has 1 aliphatic rings. The third-order valence-corrected chi connectivity index (χ3v) is 5.99. The fourth-order valence-corrected chi connectivity index (χ4v) is 4.49. The summed E-state index contributed by atoms with van der Waals surface area (Å²) in [5.41, 5.74) is 0.981. The number of hydrogen-bond donors (Lipinski definition) is 1. The zero-order valence-corrected chi connectivity index (χ0v) is 15.4. The summed E-state index contributed by atoms with van der Waals surface area (Å²) in [5, 5.41) is 3.38. The van der Waals surface area contributed by atoms with Crippen LogP contribution < -0.4 is 14.8 Å². The standard InChI is InChI=1S/C21H18FNO3S/c1-25-17-12-10-16(11-13-17)23-20(14-6-8-15(22)9-7-14)21-26-18-4-2-3-5-19(18)27(21)24/h2-13,20-21,23H,1H3/t20-,21+,27+/m1/s1. The molecule has 0 bridgehead atoms. The lowest BCUT2D eigenvalue weighted by Crippen LogP contribution is -2.31. The molecule has 1 N–H and O–H groups in total. The minimum absolute atomic E-state index is 0.321. The fourth-order valence-electron chi connectivity index (χ4n) is 3.04. The van der Waals surface area contributed by atoms with E-state index in [0.29, 0.717) is 10.6 Å². The first kappa shape index (κ1) is 17.5. The average Bonchev–Trinajstić information content (AvgIpc) is 3.04. The van der Waals surface area contributed by atoms with Crippen LogP contribution in [0.25, 0.3) is 0 Å². The first-order valence-corrected chi connectivity index (χ1v) is 9.69. The summed E-state index contributed by atoms with van der Waals surface area (Å²) in [6.07, 6.45) is 0. The second kappa shape index (κ2) is 7.40. The molecule has 3 atom stereocenters. The number of ether oxygens (including phenoxy) is 2. The van der Waals surface area contributed by atoms with Gasteiger partial charge in [0.05, 0.1) is 12.0 Å². The van der Waals surface area contributed by atoms with E-state index in [2.05, 4.69) is 5.32 Å². The van der Waals surface area contributed by atoms with E-state index >= 15 is 0 Å². The molecule has 0 radical (unpaired) electrons. The van der Waals surface area contributed by atoms with Gasteiger partial charge in [-0.05, 0) is 54.1 Å². The molecule has 138 valence electrons. The molecule has 4 nitrogen and oxygen atoms in total. The molecule has 3 aromatic rings. The van der Waals surface area contributed by atoms with E-state index < -0.39 is 22.3 Å². The van der Waals surface area contributed by atoms with Crippen molar-refractivity contribution < 1.29 is 18.1 Å². The summed E-state index contributed by atoms with van der Waals surface area (Å²) in [7, 11) is 0.253. The highest BCUT2D eigenvalue weighted by Gasteiger charge is 2.38. The number of para-hydroxylation sites is 1. The van der Waals surface area contributed by atoms with E-state index in [-0.39, 0.29) is 5.82 Å². The van der Waals surface area contributed by atoms with Crippen LogP contribution in [-0.2, 0) is 10.8 Å². The largest absolute Gasteiger partial charge is 0.497 e. The monoisotopic (exact) mass is 383 g/mol. The summed E-state index contributed by atoms with van der Waals surface area (Å²) in [6, 6.07) is 20.5. The molecule has 0 aromatic heterocycles. The van der Waals surface area contributed by atoms with Gasteiger partial charge in [0.2, 0.25) is 5.44 Å². The number of fused-ring (bicyclic) bond motifs is 1. The van der Waals surface area contributed by atoms with Crippen LogP contribution in [0.5, 0.6) is 11.5 Å². The van der Waals surface area contributed by atoms with Crippen molar-refractivity contribution in [3.63, 3.8) is 0 Å². The Bertz CT molecular complexity index is 960. The Hall–Kier alpha value is -2.86. The third kappa shape index (κ3) is 3.53. The number of halogens is 1. The zero-order chi connectivity index (χ0) is 18.8. The number of anilines is 1. The molecule has 0 saturated heterocycles. The van der Waals surface area contributed by atoms with Gasteiger partial charge >= 0.3 is 0 Å². The molecular formula is C21H18FNO3S. The molecule has 4 rings (SSSR count). The van der Waals surface area contributed by atoms with E-state index in [1.807, 2.05) is 42.5 Å². The van der Waals surface area contributed by atoms with Gasteiger partial charge in [-0.25, -0.2) is 4.39 Å². The minimum atomic E-state index is -1.35. The molecule has 6 heteroatoms. The molecule has 1 aliphatic heterocycles. The highest BCUT2D eigenvalue weighted by molar-refractivity contribution is 7.86. The predicted octanol–water partition coefficient (Wildman–Crippen LogP) is 4.51. The van der Waals surface area contributed by atoms with Crippen LogP contribution >= 0.6 is 0 Å². The Morgan fingerprint density at radius 3 is 2.41 bits per heavy atom. The molecule has 0 spiro atoms. The van der Waals surface area contributed by atoms with E-state index in [0.717, 1.165) is 17.0 Å². The molecule has 0 fully saturated rings. The summed E-state index contributed by atoms with van der Waals surface area (Å²) in [4.78, 5) is 0.672. The molecule has 3 aromatic carbocycles. The van der Waals surface area contributed by atoms with Crippen molar-refractivity contribution in [1.29, 1.82) is 0 Å². The van der Waals surface area contributed by atoms with E-state index in [1.54, 1.807) is 25.3 Å². The maximum atomic E-state index is 13.4.